The zero-order valence-electron chi connectivity index (χ0n) is 11.1. The summed E-state index contributed by atoms with van der Waals surface area (Å²) in [5.41, 5.74) is 2.63. The Morgan fingerprint density at radius 3 is 3.06 bits per heavy atom. The number of aryl methyl sites for hydroxylation is 1. The van der Waals surface area contributed by atoms with Gasteiger partial charge in [-0.15, -0.1) is 0 Å². The molecule has 2 atom stereocenters. The summed E-state index contributed by atoms with van der Waals surface area (Å²) in [7, 11) is 0. The Morgan fingerprint density at radius 1 is 1.47 bits per heavy atom. The maximum absolute atomic E-state index is 4.54. The summed E-state index contributed by atoms with van der Waals surface area (Å²) in [6.07, 6.45) is 2.98. The second-order valence-corrected chi connectivity index (χ2v) is 5.05. The predicted octanol–water partition coefficient (Wildman–Crippen LogP) is 1.83. The van der Waals surface area contributed by atoms with E-state index in [0.29, 0.717) is 12.1 Å². The number of piperazine rings is 1. The lowest BCUT2D eigenvalue weighted by Gasteiger charge is -2.37. The van der Waals surface area contributed by atoms with Gasteiger partial charge < -0.3 is 5.32 Å². The minimum absolute atomic E-state index is 0.583. The smallest absolute Gasteiger partial charge is 0.0575 e. The zero-order valence-corrected chi connectivity index (χ0v) is 11.1. The van der Waals surface area contributed by atoms with E-state index in [0.717, 1.165) is 26.1 Å². The molecule has 0 aromatic carbocycles. The molecule has 0 spiro atoms. The molecule has 0 bridgehead atoms. The molecule has 1 saturated heterocycles. The minimum atomic E-state index is 0.583. The highest BCUT2D eigenvalue weighted by atomic mass is 15.2. The van der Waals surface area contributed by atoms with Gasteiger partial charge in [-0.3, -0.25) is 9.88 Å². The lowest BCUT2D eigenvalue weighted by Crippen LogP contribution is -2.53. The van der Waals surface area contributed by atoms with Crippen molar-refractivity contribution in [3.63, 3.8) is 0 Å². The molecule has 0 saturated carbocycles. The number of hydrogen-bond acceptors (Lipinski definition) is 3. The Kier molecular flexibility index (Phi) is 4.13. The molecule has 1 aliphatic rings. The van der Waals surface area contributed by atoms with E-state index < -0.39 is 0 Å². The highest BCUT2D eigenvalue weighted by Gasteiger charge is 2.23. The molecular weight excluding hydrogens is 210 g/mol. The average molecular weight is 233 g/mol. The summed E-state index contributed by atoms with van der Waals surface area (Å²) < 4.78 is 0. The van der Waals surface area contributed by atoms with Crippen LogP contribution in [-0.2, 0) is 13.0 Å². The molecule has 17 heavy (non-hydrogen) atoms. The van der Waals surface area contributed by atoms with E-state index in [1.54, 1.807) is 0 Å². The van der Waals surface area contributed by atoms with Crippen molar-refractivity contribution in [3.05, 3.63) is 29.6 Å². The van der Waals surface area contributed by atoms with Crippen molar-refractivity contribution in [3.8, 4) is 0 Å². The Labute approximate surface area is 104 Å². The van der Waals surface area contributed by atoms with Crippen LogP contribution >= 0.6 is 0 Å². The standard InChI is InChI=1S/C14H23N3/c1-4-13-6-5-7-15-14(13)10-17-9-11(2)16-8-12(17)3/h5-7,11-12,16H,4,8-10H2,1-3H3. The Morgan fingerprint density at radius 2 is 2.29 bits per heavy atom. The van der Waals surface area contributed by atoms with Gasteiger partial charge in [0.05, 0.1) is 5.69 Å². The van der Waals surface area contributed by atoms with Crippen molar-refractivity contribution in [2.24, 2.45) is 0 Å². The number of nitrogens with zero attached hydrogens (tertiary/aromatic N) is 2. The van der Waals surface area contributed by atoms with Gasteiger partial charge in [0.2, 0.25) is 0 Å². The van der Waals surface area contributed by atoms with Crippen molar-refractivity contribution in [2.75, 3.05) is 13.1 Å². The normalized spacial score (nSPS) is 26.1. The largest absolute Gasteiger partial charge is 0.311 e. The van der Waals surface area contributed by atoms with Crippen LogP contribution in [0.4, 0.5) is 0 Å². The third-order valence-corrected chi connectivity index (χ3v) is 3.61. The van der Waals surface area contributed by atoms with E-state index in [9.17, 15) is 0 Å². The molecule has 1 fully saturated rings. The first-order valence-electron chi connectivity index (χ1n) is 6.61. The fourth-order valence-electron chi connectivity index (χ4n) is 2.45. The molecule has 1 aliphatic heterocycles. The first-order valence-corrected chi connectivity index (χ1v) is 6.61. The van der Waals surface area contributed by atoms with Crippen molar-refractivity contribution in [2.45, 2.75) is 45.8 Å². The van der Waals surface area contributed by atoms with Crippen molar-refractivity contribution in [1.82, 2.24) is 15.2 Å². The van der Waals surface area contributed by atoms with Crippen LogP contribution in [0.3, 0.4) is 0 Å². The van der Waals surface area contributed by atoms with E-state index in [1.165, 1.54) is 11.3 Å². The van der Waals surface area contributed by atoms with E-state index in [2.05, 4.69) is 42.0 Å². The first-order chi connectivity index (χ1) is 8.20. The fourth-order valence-corrected chi connectivity index (χ4v) is 2.45. The summed E-state index contributed by atoms with van der Waals surface area (Å²) >= 11 is 0. The molecule has 94 valence electrons. The molecule has 1 aromatic rings. The molecule has 2 rings (SSSR count). The Hall–Kier alpha value is -0.930. The second kappa shape index (κ2) is 5.61. The summed E-state index contributed by atoms with van der Waals surface area (Å²) in [5.74, 6) is 0. The molecule has 1 aromatic heterocycles. The molecular formula is C14H23N3. The van der Waals surface area contributed by atoms with Crippen LogP contribution in [0.15, 0.2) is 18.3 Å². The molecule has 2 unspecified atom stereocenters. The maximum Gasteiger partial charge on any atom is 0.0575 e. The molecule has 0 radical (unpaired) electrons. The van der Waals surface area contributed by atoms with Gasteiger partial charge in [0.15, 0.2) is 0 Å². The van der Waals surface area contributed by atoms with Gasteiger partial charge in [-0.25, -0.2) is 0 Å². The van der Waals surface area contributed by atoms with Crippen LogP contribution < -0.4 is 5.32 Å². The number of pyridine rings is 1. The maximum atomic E-state index is 4.54. The van der Waals surface area contributed by atoms with Gasteiger partial charge in [-0.1, -0.05) is 13.0 Å². The van der Waals surface area contributed by atoms with Crippen LogP contribution in [0.25, 0.3) is 0 Å². The quantitative estimate of drug-likeness (QED) is 0.863. The van der Waals surface area contributed by atoms with Crippen molar-refractivity contribution >= 4 is 0 Å². The molecule has 0 amide bonds. The van der Waals surface area contributed by atoms with E-state index in [1.807, 2.05) is 12.3 Å². The van der Waals surface area contributed by atoms with Crippen molar-refractivity contribution < 1.29 is 0 Å². The Bertz CT molecular complexity index is 364. The van der Waals surface area contributed by atoms with Gasteiger partial charge >= 0.3 is 0 Å². The summed E-state index contributed by atoms with van der Waals surface area (Å²) in [6, 6.07) is 5.41. The highest BCUT2D eigenvalue weighted by molar-refractivity contribution is 5.19. The van der Waals surface area contributed by atoms with Crippen molar-refractivity contribution in [1.29, 1.82) is 0 Å². The molecule has 3 nitrogen and oxygen atoms in total. The van der Waals surface area contributed by atoms with Gasteiger partial charge in [0, 0.05) is 37.9 Å². The van der Waals surface area contributed by atoms with Gasteiger partial charge in [-0.05, 0) is 31.9 Å². The number of nitrogens with one attached hydrogen (secondary N) is 1. The summed E-state index contributed by atoms with van der Waals surface area (Å²) in [4.78, 5) is 7.07. The van der Waals surface area contributed by atoms with E-state index in [-0.39, 0.29) is 0 Å². The van der Waals surface area contributed by atoms with Crippen LogP contribution in [0.2, 0.25) is 0 Å². The van der Waals surface area contributed by atoms with Gasteiger partial charge in [0.1, 0.15) is 0 Å². The van der Waals surface area contributed by atoms with Crippen LogP contribution in [-0.4, -0.2) is 35.1 Å². The van der Waals surface area contributed by atoms with Gasteiger partial charge in [-0.2, -0.15) is 0 Å². The summed E-state index contributed by atoms with van der Waals surface area (Å²) in [5, 5.41) is 3.51. The highest BCUT2D eigenvalue weighted by Crippen LogP contribution is 2.14. The Balaban J connectivity index is 2.08. The molecule has 0 aliphatic carbocycles. The van der Waals surface area contributed by atoms with Crippen LogP contribution in [0.1, 0.15) is 32.0 Å². The molecule has 1 N–H and O–H groups in total. The number of aromatic nitrogens is 1. The topological polar surface area (TPSA) is 28.2 Å². The number of rotatable bonds is 3. The third-order valence-electron chi connectivity index (χ3n) is 3.61. The SMILES string of the molecule is CCc1cccnc1CN1CC(C)NCC1C. The second-order valence-electron chi connectivity index (χ2n) is 5.05. The van der Waals surface area contributed by atoms with E-state index >= 15 is 0 Å². The first kappa shape index (κ1) is 12.5. The third kappa shape index (κ3) is 3.05. The van der Waals surface area contributed by atoms with Crippen LogP contribution in [0, 0.1) is 0 Å². The zero-order chi connectivity index (χ0) is 12.3. The molecule has 3 heteroatoms. The fraction of sp³-hybridized carbons (Fsp3) is 0.643. The lowest BCUT2D eigenvalue weighted by atomic mass is 10.1. The van der Waals surface area contributed by atoms with E-state index in [4.69, 9.17) is 0 Å². The summed E-state index contributed by atoms with van der Waals surface area (Å²) in [6.45, 7) is 9.91. The minimum Gasteiger partial charge on any atom is -0.311 e. The average Bonchev–Trinajstić information content (AvgIpc) is 2.34. The predicted molar refractivity (Wildman–Crippen MR) is 71.0 cm³/mol. The van der Waals surface area contributed by atoms with Crippen LogP contribution in [0.5, 0.6) is 0 Å². The lowest BCUT2D eigenvalue weighted by molar-refractivity contribution is 0.137. The number of hydrogen-bond donors (Lipinski definition) is 1. The molecule has 2 heterocycles. The monoisotopic (exact) mass is 233 g/mol. The van der Waals surface area contributed by atoms with Gasteiger partial charge in [0.25, 0.3) is 0 Å².